The summed E-state index contributed by atoms with van der Waals surface area (Å²) in [5, 5.41) is 5.82. The monoisotopic (exact) mass is 382 g/mol. The lowest BCUT2D eigenvalue weighted by Gasteiger charge is -2.17. The number of hydrogen-bond donors (Lipinski definition) is 2. The van der Waals surface area contributed by atoms with E-state index in [0.717, 1.165) is 29.8 Å². The van der Waals surface area contributed by atoms with Gasteiger partial charge in [-0.2, -0.15) is 0 Å². The highest BCUT2D eigenvalue weighted by molar-refractivity contribution is 5.91. The lowest BCUT2D eigenvalue weighted by atomic mass is 10.1. The number of benzene rings is 1. The first-order chi connectivity index (χ1) is 13.7. The number of likely N-dealkylation sites (tertiary alicyclic amines) is 1. The average molecular weight is 382 g/mol. The summed E-state index contributed by atoms with van der Waals surface area (Å²) in [6, 6.07) is 13.1. The quantitative estimate of drug-likeness (QED) is 0.733. The van der Waals surface area contributed by atoms with Crippen LogP contribution >= 0.6 is 0 Å². The van der Waals surface area contributed by atoms with Crippen molar-refractivity contribution < 1.29 is 14.3 Å². The number of nitrogens with zero attached hydrogens (tertiary/aromatic N) is 2. The molecule has 1 aromatic carbocycles. The van der Waals surface area contributed by atoms with Crippen molar-refractivity contribution in [2.45, 2.75) is 25.3 Å². The van der Waals surface area contributed by atoms with Crippen LogP contribution in [0.4, 0.5) is 10.5 Å². The minimum Gasteiger partial charge on any atom is -0.383 e. The largest absolute Gasteiger partial charge is 0.383 e. The Morgan fingerprint density at radius 2 is 2.04 bits per heavy atom. The van der Waals surface area contributed by atoms with E-state index in [2.05, 4.69) is 15.6 Å². The maximum Gasteiger partial charge on any atom is 0.319 e. The summed E-state index contributed by atoms with van der Waals surface area (Å²) in [4.78, 5) is 30.5. The molecule has 0 spiro atoms. The predicted octanol–water partition coefficient (Wildman–Crippen LogP) is 2.24. The number of aryl methyl sites for hydroxylation is 2. The van der Waals surface area contributed by atoms with Crippen LogP contribution in [0.5, 0.6) is 0 Å². The number of hydrogen-bond acceptors (Lipinski definition) is 4. The number of methoxy groups -OCH3 is 1. The number of nitrogens with one attached hydrogen (secondary N) is 2. The Hall–Kier alpha value is -2.93. The fourth-order valence-corrected chi connectivity index (χ4v) is 3.30. The molecule has 0 saturated carbocycles. The molecule has 0 radical (unpaired) electrons. The Balaban J connectivity index is 1.54. The number of anilines is 1. The predicted molar refractivity (Wildman–Crippen MR) is 107 cm³/mol. The molecule has 1 aliphatic rings. The van der Waals surface area contributed by atoms with Crippen molar-refractivity contribution in [1.82, 2.24) is 15.2 Å². The number of rotatable bonds is 8. The van der Waals surface area contributed by atoms with Crippen molar-refractivity contribution >= 4 is 17.6 Å². The molecular weight excluding hydrogens is 356 g/mol. The second kappa shape index (κ2) is 9.85. The molecule has 1 atom stereocenters. The number of carbonyl (C=O) groups excluding carboxylic acids is 2. The fraction of sp³-hybridized carbons (Fsp3) is 0.381. The topological polar surface area (TPSA) is 83.6 Å². The highest BCUT2D eigenvalue weighted by Crippen LogP contribution is 2.18. The Morgan fingerprint density at radius 3 is 2.82 bits per heavy atom. The first-order valence-electron chi connectivity index (χ1n) is 9.47. The Labute approximate surface area is 165 Å². The maximum absolute atomic E-state index is 12.4. The van der Waals surface area contributed by atoms with Crippen molar-refractivity contribution in [2.24, 2.45) is 0 Å². The van der Waals surface area contributed by atoms with Gasteiger partial charge in [-0.1, -0.05) is 24.3 Å². The van der Waals surface area contributed by atoms with Gasteiger partial charge in [-0.25, -0.2) is 4.79 Å². The third-order valence-electron chi connectivity index (χ3n) is 4.76. The van der Waals surface area contributed by atoms with Crippen LogP contribution in [0.2, 0.25) is 0 Å². The van der Waals surface area contributed by atoms with Gasteiger partial charge in [-0.15, -0.1) is 0 Å². The zero-order chi connectivity index (χ0) is 19.8. The summed E-state index contributed by atoms with van der Waals surface area (Å²) in [5.41, 5.74) is 2.84. The number of carbonyl (C=O) groups is 2. The molecule has 1 aromatic heterocycles. The Bertz CT molecular complexity index is 797. The minimum atomic E-state index is -0.295. The van der Waals surface area contributed by atoms with Crippen LogP contribution in [-0.4, -0.2) is 54.7 Å². The smallest absolute Gasteiger partial charge is 0.319 e. The summed E-state index contributed by atoms with van der Waals surface area (Å²) in [7, 11) is 1.61. The normalized spacial score (nSPS) is 16.2. The second-order valence-electron chi connectivity index (χ2n) is 6.81. The van der Waals surface area contributed by atoms with E-state index < -0.39 is 0 Å². The molecule has 1 aliphatic heterocycles. The summed E-state index contributed by atoms with van der Waals surface area (Å²) in [6.07, 6.45) is 3.68. The first kappa shape index (κ1) is 19.8. The lowest BCUT2D eigenvalue weighted by Crippen LogP contribution is -2.40. The molecular formula is C21H26N4O3. The Kier molecular flexibility index (Phi) is 6.97. The van der Waals surface area contributed by atoms with Crippen molar-refractivity contribution in [1.29, 1.82) is 0 Å². The molecule has 7 nitrogen and oxygen atoms in total. The second-order valence-corrected chi connectivity index (χ2v) is 6.81. The molecule has 3 amide bonds. The van der Waals surface area contributed by atoms with E-state index in [9.17, 15) is 9.59 Å². The van der Waals surface area contributed by atoms with Crippen LogP contribution in [0.1, 0.15) is 17.7 Å². The summed E-state index contributed by atoms with van der Waals surface area (Å²) in [5.74, 6) is 0.0399. The van der Waals surface area contributed by atoms with Gasteiger partial charge in [0, 0.05) is 44.2 Å². The molecule has 0 aliphatic carbocycles. The van der Waals surface area contributed by atoms with Crippen molar-refractivity contribution in [3.63, 3.8) is 0 Å². The van der Waals surface area contributed by atoms with Gasteiger partial charge in [-0.05, 0) is 36.6 Å². The Morgan fingerprint density at radius 1 is 1.21 bits per heavy atom. The van der Waals surface area contributed by atoms with E-state index in [-0.39, 0.29) is 18.0 Å². The molecule has 148 valence electrons. The van der Waals surface area contributed by atoms with E-state index in [1.54, 1.807) is 18.2 Å². The summed E-state index contributed by atoms with van der Waals surface area (Å²) < 4.78 is 5.02. The fourth-order valence-electron chi connectivity index (χ4n) is 3.30. The molecule has 2 aromatic rings. The van der Waals surface area contributed by atoms with E-state index in [1.165, 1.54) is 0 Å². The number of aromatic nitrogens is 1. The van der Waals surface area contributed by atoms with Crippen molar-refractivity contribution in [2.75, 3.05) is 32.1 Å². The van der Waals surface area contributed by atoms with Gasteiger partial charge in [0.1, 0.15) is 0 Å². The van der Waals surface area contributed by atoms with E-state index in [4.69, 9.17) is 4.74 Å². The van der Waals surface area contributed by atoms with Crippen LogP contribution in [0.25, 0.3) is 0 Å². The number of pyridine rings is 1. The molecule has 0 bridgehead atoms. The van der Waals surface area contributed by atoms with Gasteiger partial charge in [-0.3, -0.25) is 9.78 Å². The minimum absolute atomic E-state index is 0.0399. The molecule has 28 heavy (non-hydrogen) atoms. The molecule has 7 heteroatoms. The van der Waals surface area contributed by atoms with Crippen molar-refractivity contribution in [3.05, 3.63) is 59.9 Å². The van der Waals surface area contributed by atoms with Gasteiger partial charge in [0.05, 0.1) is 12.6 Å². The van der Waals surface area contributed by atoms with Gasteiger partial charge in [0.15, 0.2) is 0 Å². The zero-order valence-corrected chi connectivity index (χ0v) is 16.1. The molecule has 1 saturated heterocycles. The third-order valence-corrected chi connectivity index (χ3v) is 4.76. The van der Waals surface area contributed by atoms with Gasteiger partial charge < -0.3 is 20.3 Å². The maximum atomic E-state index is 12.4. The van der Waals surface area contributed by atoms with Gasteiger partial charge in [0.25, 0.3) is 0 Å². The average Bonchev–Trinajstić information content (AvgIpc) is 3.05. The SMILES string of the molecule is COCCN1C[C@@H](NC(=O)Nc2ccccc2CCc2ccccn2)CC1=O. The standard InChI is InChI=1S/C21H26N4O3/c1-28-13-12-25-15-18(14-20(25)26)23-21(27)24-19-8-3-2-6-16(19)9-10-17-7-4-5-11-22-17/h2-8,11,18H,9-10,12-15H2,1H3,(H2,23,24,27)/t18-/m0/s1. The molecule has 3 rings (SSSR count). The van der Waals surface area contributed by atoms with E-state index in [1.807, 2.05) is 42.5 Å². The number of urea groups is 1. The number of ether oxygens (including phenoxy) is 1. The van der Waals surface area contributed by atoms with E-state index in [0.29, 0.717) is 26.1 Å². The molecule has 1 fully saturated rings. The number of amides is 3. The third kappa shape index (κ3) is 5.53. The summed E-state index contributed by atoms with van der Waals surface area (Å²) in [6.45, 7) is 1.55. The lowest BCUT2D eigenvalue weighted by molar-refractivity contribution is -0.128. The van der Waals surface area contributed by atoms with Crippen LogP contribution in [-0.2, 0) is 22.4 Å². The molecule has 2 N–H and O–H groups in total. The van der Waals surface area contributed by atoms with Crippen molar-refractivity contribution in [3.8, 4) is 0 Å². The van der Waals surface area contributed by atoms with Gasteiger partial charge >= 0.3 is 6.03 Å². The van der Waals surface area contributed by atoms with Crippen LogP contribution < -0.4 is 10.6 Å². The summed E-state index contributed by atoms with van der Waals surface area (Å²) >= 11 is 0. The molecule has 2 heterocycles. The highest BCUT2D eigenvalue weighted by atomic mass is 16.5. The van der Waals surface area contributed by atoms with Crippen LogP contribution in [0.3, 0.4) is 0 Å². The van der Waals surface area contributed by atoms with Crippen LogP contribution in [0, 0.1) is 0 Å². The van der Waals surface area contributed by atoms with E-state index >= 15 is 0 Å². The number of para-hydroxylation sites is 1. The first-order valence-corrected chi connectivity index (χ1v) is 9.47. The zero-order valence-electron chi connectivity index (χ0n) is 16.1. The van der Waals surface area contributed by atoms with Gasteiger partial charge in [0.2, 0.25) is 5.91 Å². The highest BCUT2D eigenvalue weighted by Gasteiger charge is 2.30. The van der Waals surface area contributed by atoms with Crippen LogP contribution in [0.15, 0.2) is 48.7 Å². The molecule has 0 unspecified atom stereocenters.